The first-order valence-electron chi connectivity index (χ1n) is 15.8. The first-order chi connectivity index (χ1) is 20.9. The summed E-state index contributed by atoms with van der Waals surface area (Å²) in [6.45, 7) is 17.2. The van der Waals surface area contributed by atoms with Crippen molar-refractivity contribution in [1.29, 1.82) is 5.41 Å². The van der Waals surface area contributed by atoms with E-state index >= 15 is 0 Å². The quantitative estimate of drug-likeness (QED) is 0.0847. The highest BCUT2D eigenvalue weighted by molar-refractivity contribution is 6.33. The van der Waals surface area contributed by atoms with Crippen molar-refractivity contribution in [3.8, 4) is 11.5 Å². The number of hydrogen-bond donors (Lipinski definition) is 3. The Morgan fingerprint density at radius 1 is 1.02 bits per heavy atom. The predicted molar refractivity (Wildman–Crippen MR) is 176 cm³/mol. The molecule has 2 rings (SSSR count). The summed E-state index contributed by atoms with van der Waals surface area (Å²) in [5, 5.41) is 20.3. The molecule has 3 N–H and O–H groups in total. The number of benzene rings is 1. The van der Waals surface area contributed by atoms with E-state index in [1.54, 1.807) is 32.0 Å². The molecule has 1 aliphatic rings. The Balaban J connectivity index is 0.00000227. The number of hydrogen-bond acceptors (Lipinski definition) is 8. The number of rotatable bonds is 14. The van der Waals surface area contributed by atoms with Crippen LogP contribution >= 0.6 is 0 Å². The summed E-state index contributed by atoms with van der Waals surface area (Å²) in [5.41, 5.74) is 3.43. The van der Waals surface area contributed by atoms with E-state index in [1.165, 1.54) is 17.7 Å². The number of aliphatic hydroxyl groups excluding tert-OH is 1. The van der Waals surface area contributed by atoms with Gasteiger partial charge >= 0.3 is 11.9 Å². The number of carbonyl (C=O) groups is 3. The molecule has 1 saturated heterocycles. The molecular formula is C34H54N4O6. The Morgan fingerprint density at radius 2 is 1.66 bits per heavy atom. The predicted octanol–water partition coefficient (Wildman–Crippen LogP) is 5.35. The Labute approximate surface area is 264 Å². The number of nitrogens with zero attached hydrogens (tertiary/aromatic N) is 2. The summed E-state index contributed by atoms with van der Waals surface area (Å²) in [5.74, 6) is -1.42. The monoisotopic (exact) mass is 614 g/mol. The zero-order valence-corrected chi connectivity index (χ0v) is 28.3. The molecule has 0 spiro atoms. The maximum Gasteiger partial charge on any atom is 0.402 e. The van der Waals surface area contributed by atoms with Crippen molar-refractivity contribution >= 4 is 29.2 Å². The molecule has 1 heterocycles. The Hall–Kier alpha value is -3.50. The van der Waals surface area contributed by atoms with Crippen molar-refractivity contribution in [2.75, 3.05) is 39.9 Å². The number of nitrogens with one attached hydrogen (secondary N) is 2. The second kappa shape index (κ2) is 19.7. The fourth-order valence-electron chi connectivity index (χ4n) is 4.19. The molecule has 1 aromatic carbocycles. The molecular weight excluding hydrogens is 560 g/mol. The molecule has 1 aromatic rings. The van der Waals surface area contributed by atoms with Gasteiger partial charge in [0.15, 0.2) is 0 Å². The average molecular weight is 615 g/mol. The number of likely N-dealkylation sites (tertiary alicyclic amines) is 1. The van der Waals surface area contributed by atoms with Crippen LogP contribution in [0.1, 0.15) is 93.1 Å². The first kappa shape index (κ1) is 38.5. The number of carbonyl (C=O) groups excluding carboxylic acids is 3. The van der Waals surface area contributed by atoms with Crippen LogP contribution in [0.5, 0.6) is 11.5 Å². The van der Waals surface area contributed by atoms with Crippen LogP contribution in [0.15, 0.2) is 34.9 Å². The molecule has 10 nitrogen and oxygen atoms in total. The van der Waals surface area contributed by atoms with Gasteiger partial charge in [-0.15, -0.1) is 0 Å². The van der Waals surface area contributed by atoms with Gasteiger partial charge in [0.05, 0.1) is 18.9 Å². The lowest BCUT2D eigenvalue weighted by molar-refractivity contribution is -0.158. The van der Waals surface area contributed by atoms with Crippen molar-refractivity contribution in [3.63, 3.8) is 0 Å². The molecule has 1 aliphatic heterocycles. The lowest BCUT2D eigenvalue weighted by atomic mass is 10.0. The summed E-state index contributed by atoms with van der Waals surface area (Å²) in [7, 11) is 1.86. The lowest BCUT2D eigenvalue weighted by Crippen LogP contribution is -2.62. The fraction of sp³-hybridized carbons (Fsp3) is 0.588. The summed E-state index contributed by atoms with van der Waals surface area (Å²) in [4.78, 5) is 41.9. The topological polar surface area (TPSA) is 132 Å². The van der Waals surface area contributed by atoms with Crippen LogP contribution in [-0.2, 0) is 14.4 Å². The van der Waals surface area contributed by atoms with E-state index in [9.17, 15) is 14.4 Å². The Kier molecular flexibility index (Phi) is 17.3. The molecule has 0 aromatic heterocycles. The Morgan fingerprint density at radius 3 is 2.18 bits per heavy atom. The van der Waals surface area contributed by atoms with E-state index in [-0.39, 0.29) is 24.3 Å². The second-order valence-electron chi connectivity index (χ2n) is 11.0. The number of aliphatic hydroxyl groups is 1. The van der Waals surface area contributed by atoms with Crippen molar-refractivity contribution in [1.82, 2.24) is 15.1 Å². The van der Waals surface area contributed by atoms with Crippen LogP contribution in [-0.4, -0.2) is 84.3 Å². The van der Waals surface area contributed by atoms with E-state index < -0.39 is 11.9 Å². The average Bonchev–Trinajstić information content (AvgIpc) is 2.98. The molecule has 10 heteroatoms. The van der Waals surface area contributed by atoms with Gasteiger partial charge in [-0.05, 0) is 76.9 Å². The minimum Gasteiger partial charge on any atom is -0.493 e. The number of likely N-dealkylation sites (N-methyl/N-ethyl adjacent to an activating group) is 1. The van der Waals surface area contributed by atoms with Crippen LogP contribution in [0.2, 0.25) is 0 Å². The molecule has 0 radical (unpaired) electrons. The third-order valence-electron chi connectivity index (χ3n) is 7.68. The van der Waals surface area contributed by atoms with Gasteiger partial charge in [0, 0.05) is 42.5 Å². The molecule has 0 aliphatic carbocycles. The summed E-state index contributed by atoms with van der Waals surface area (Å²) < 4.78 is 11.3. The van der Waals surface area contributed by atoms with Crippen molar-refractivity contribution in [2.45, 2.75) is 93.5 Å². The number of unbranched alkanes of at least 4 members (excludes halogenated alkanes) is 1. The van der Waals surface area contributed by atoms with Crippen LogP contribution in [0.3, 0.4) is 0 Å². The van der Waals surface area contributed by atoms with E-state index in [4.69, 9.17) is 20.0 Å². The van der Waals surface area contributed by atoms with Gasteiger partial charge < -0.3 is 30.2 Å². The van der Waals surface area contributed by atoms with Crippen LogP contribution in [0.25, 0.3) is 5.70 Å². The lowest BCUT2D eigenvalue weighted by Gasteiger charge is -2.43. The normalized spacial score (nSPS) is 14.0. The molecule has 0 unspecified atom stereocenters. The third kappa shape index (κ3) is 11.2. The fourth-order valence-corrected chi connectivity index (χ4v) is 4.19. The molecule has 44 heavy (non-hydrogen) atoms. The number of amides is 2. The molecule has 1 fully saturated rings. The summed E-state index contributed by atoms with van der Waals surface area (Å²) in [6.07, 6.45) is 4.68. The van der Waals surface area contributed by atoms with Gasteiger partial charge in [-0.2, -0.15) is 0 Å². The maximum atomic E-state index is 13.3. The van der Waals surface area contributed by atoms with Crippen molar-refractivity contribution in [2.24, 2.45) is 0 Å². The number of allylic oxidation sites excluding steroid dienone is 2. The third-order valence-corrected chi connectivity index (χ3v) is 7.68. The molecule has 246 valence electrons. The highest BCUT2D eigenvalue weighted by atomic mass is 16.5. The van der Waals surface area contributed by atoms with Gasteiger partial charge in [0.1, 0.15) is 11.5 Å². The van der Waals surface area contributed by atoms with Crippen molar-refractivity contribution < 1.29 is 29.0 Å². The smallest absolute Gasteiger partial charge is 0.402 e. The first-order valence-corrected chi connectivity index (χ1v) is 15.8. The minimum atomic E-state index is -0.996. The zero-order chi connectivity index (χ0) is 33.4. The molecule has 2 amide bonds. The zero-order valence-electron chi connectivity index (χ0n) is 28.3. The van der Waals surface area contributed by atoms with Crippen molar-refractivity contribution in [3.05, 3.63) is 40.5 Å². The van der Waals surface area contributed by atoms with Crippen LogP contribution in [0.4, 0.5) is 0 Å². The highest BCUT2D eigenvalue weighted by Crippen LogP contribution is 2.32. The van der Waals surface area contributed by atoms with Crippen LogP contribution in [0, 0.1) is 5.41 Å². The highest BCUT2D eigenvalue weighted by Gasteiger charge is 2.37. The number of ether oxygens (including phenoxy) is 2. The van der Waals surface area contributed by atoms with E-state index in [0.29, 0.717) is 73.0 Å². The van der Waals surface area contributed by atoms with Gasteiger partial charge in [0.25, 0.3) is 5.91 Å². The second-order valence-corrected chi connectivity index (χ2v) is 11.0. The summed E-state index contributed by atoms with van der Waals surface area (Å²) >= 11 is 0. The van der Waals surface area contributed by atoms with Gasteiger partial charge in [0.2, 0.25) is 0 Å². The minimum absolute atomic E-state index is 0.0233. The van der Waals surface area contributed by atoms with Crippen LogP contribution < -0.4 is 14.8 Å². The van der Waals surface area contributed by atoms with Gasteiger partial charge in [-0.25, -0.2) is 4.79 Å². The van der Waals surface area contributed by atoms with E-state index in [2.05, 4.69) is 19.2 Å². The van der Waals surface area contributed by atoms with Gasteiger partial charge in [-0.1, -0.05) is 47.0 Å². The molecule has 0 atom stereocenters. The molecule has 0 saturated carbocycles. The number of esters is 1. The van der Waals surface area contributed by atoms with E-state index in [0.717, 1.165) is 12.0 Å². The summed E-state index contributed by atoms with van der Waals surface area (Å²) in [6, 6.07) is 4.87. The SMILES string of the molecule is CCCC.CCCC(=N)/C(C)=C(\C)C(=O)NC(=C(C)CC)c1cc(OC(=O)C(=O)N2CC(N(C)CCO)C2)ccc1OCC. The Bertz CT molecular complexity index is 1200. The largest absolute Gasteiger partial charge is 0.493 e. The maximum absolute atomic E-state index is 13.3. The van der Waals surface area contributed by atoms with Gasteiger partial charge in [-0.3, -0.25) is 14.5 Å². The van der Waals surface area contributed by atoms with E-state index in [1.807, 2.05) is 39.6 Å². The molecule has 0 bridgehead atoms. The standard InChI is InChI=1S/C30H44N4O6.C4H10/c1-8-11-25(31)20(5)21(6)28(36)32-27(19(4)9-2)24-16-23(12-13-26(24)39-10-3)40-30(38)29(37)34-17-22(18-34)33(7)14-15-35;1-3-4-2/h12-13,16,22,31,35H,8-11,14-15,17-18H2,1-7H3,(H,32,36);3-4H2,1-2H3/b21-20+,27-19?,31-25?;.